The second kappa shape index (κ2) is 5.10. The first-order chi connectivity index (χ1) is 7.67. The smallest absolute Gasteiger partial charge is 0.159 e. The number of aliphatic hydroxyl groups is 2. The minimum atomic E-state index is -0.968. The SMILES string of the molecule is CCNC1=N[C@H]2[C@@H](O)[C@H](O)[C@@H](CCl)O[C@H]2S1. The van der Waals surface area contributed by atoms with E-state index in [4.69, 9.17) is 16.3 Å². The highest BCUT2D eigenvalue weighted by Crippen LogP contribution is 2.35. The Morgan fingerprint density at radius 1 is 1.50 bits per heavy atom. The fourth-order valence-electron chi connectivity index (χ4n) is 1.79. The molecule has 0 saturated carbocycles. The summed E-state index contributed by atoms with van der Waals surface area (Å²) < 4.78 is 5.59. The quantitative estimate of drug-likeness (QED) is 0.601. The molecule has 0 aromatic carbocycles. The molecule has 92 valence electrons. The van der Waals surface area contributed by atoms with E-state index in [1.54, 1.807) is 0 Å². The highest BCUT2D eigenvalue weighted by atomic mass is 35.5. The third-order valence-corrected chi connectivity index (χ3v) is 4.04. The lowest BCUT2D eigenvalue weighted by molar-refractivity contribution is -0.144. The van der Waals surface area contributed by atoms with E-state index in [9.17, 15) is 10.2 Å². The van der Waals surface area contributed by atoms with E-state index < -0.39 is 24.4 Å². The van der Waals surface area contributed by atoms with Crippen LogP contribution in [0.25, 0.3) is 0 Å². The molecule has 5 nitrogen and oxygen atoms in total. The molecule has 0 unspecified atom stereocenters. The number of fused-ring (bicyclic) bond motifs is 1. The van der Waals surface area contributed by atoms with E-state index in [0.717, 1.165) is 11.7 Å². The van der Waals surface area contributed by atoms with Crippen LogP contribution in [0.4, 0.5) is 0 Å². The summed E-state index contributed by atoms with van der Waals surface area (Å²) in [7, 11) is 0. The first-order valence-electron chi connectivity index (χ1n) is 5.23. The predicted octanol–water partition coefficient (Wildman–Crippen LogP) is -0.247. The highest BCUT2D eigenvalue weighted by molar-refractivity contribution is 8.14. The molecule has 0 aliphatic carbocycles. The van der Waals surface area contributed by atoms with Crippen molar-refractivity contribution in [3.05, 3.63) is 0 Å². The van der Waals surface area contributed by atoms with Gasteiger partial charge < -0.3 is 20.3 Å². The standard InChI is InChI=1S/C9H15ClN2O3S/c1-2-11-9-12-5-7(14)6(13)4(3-10)15-8(5)16-9/h4-8,13-14H,2-3H2,1H3,(H,11,12)/t4-,5+,6-,7-,8+/m1/s1. The van der Waals surface area contributed by atoms with Gasteiger partial charge in [-0.15, -0.1) is 11.6 Å². The Balaban J connectivity index is 2.08. The van der Waals surface area contributed by atoms with Crippen LogP contribution < -0.4 is 5.32 Å². The third kappa shape index (κ3) is 2.17. The number of alkyl halides is 1. The van der Waals surface area contributed by atoms with Crippen LogP contribution in [-0.4, -0.2) is 57.6 Å². The number of hydrogen-bond acceptors (Lipinski definition) is 6. The van der Waals surface area contributed by atoms with E-state index in [1.807, 2.05) is 6.92 Å². The Hall–Kier alpha value is -0.0100. The van der Waals surface area contributed by atoms with Gasteiger partial charge in [-0.05, 0) is 6.92 Å². The molecular formula is C9H15ClN2O3S. The molecular weight excluding hydrogens is 252 g/mol. The van der Waals surface area contributed by atoms with Crippen molar-refractivity contribution >= 4 is 28.5 Å². The summed E-state index contributed by atoms with van der Waals surface area (Å²) in [6, 6.07) is -0.409. The van der Waals surface area contributed by atoms with Crippen molar-refractivity contribution in [3.63, 3.8) is 0 Å². The highest BCUT2D eigenvalue weighted by Gasteiger charge is 2.47. The number of nitrogens with zero attached hydrogens (tertiary/aromatic N) is 1. The Kier molecular flexibility index (Phi) is 3.97. The fraction of sp³-hybridized carbons (Fsp3) is 0.889. The van der Waals surface area contributed by atoms with Gasteiger partial charge in [0.25, 0.3) is 0 Å². The third-order valence-electron chi connectivity index (χ3n) is 2.64. The largest absolute Gasteiger partial charge is 0.388 e. The summed E-state index contributed by atoms with van der Waals surface area (Å²) in [6.45, 7) is 2.74. The molecule has 1 saturated heterocycles. The minimum Gasteiger partial charge on any atom is -0.388 e. The number of nitrogens with one attached hydrogen (secondary N) is 1. The molecule has 2 rings (SSSR count). The number of rotatable bonds is 2. The Labute approximate surface area is 103 Å². The molecule has 2 aliphatic heterocycles. The molecule has 16 heavy (non-hydrogen) atoms. The zero-order valence-corrected chi connectivity index (χ0v) is 10.4. The molecule has 0 bridgehead atoms. The predicted molar refractivity (Wildman–Crippen MR) is 63.9 cm³/mol. The van der Waals surface area contributed by atoms with Crippen LogP contribution in [0.3, 0.4) is 0 Å². The minimum absolute atomic E-state index is 0.165. The van der Waals surface area contributed by atoms with Crippen LogP contribution in [0.15, 0.2) is 4.99 Å². The second-order valence-corrected chi connectivity index (χ2v) is 5.15. The van der Waals surface area contributed by atoms with Crippen LogP contribution in [0, 0.1) is 0 Å². The first kappa shape index (κ1) is 12.4. The van der Waals surface area contributed by atoms with E-state index >= 15 is 0 Å². The monoisotopic (exact) mass is 266 g/mol. The van der Waals surface area contributed by atoms with E-state index in [-0.39, 0.29) is 11.3 Å². The molecule has 1 fully saturated rings. The van der Waals surface area contributed by atoms with Crippen molar-refractivity contribution in [3.8, 4) is 0 Å². The average molecular weight is 267 g/mol. The molecule has 2 aliphatic rings. The Morgan fingerprint density at radius 3 is 2.88 bits per heavy atom. The van der Waals surface area contributed by atoms with Crippen molar-refractivity contribution in [1.29, 1.82) is 0 Å². The van der Waals surface area contributed by atoms with Crippen LogP contribution >= 0.6 is 23.4 Å². The second-order valence-electron chi connectivity index (χ2n) is 3.75. The van der Waals surface area contributed by atoms with Crippen molar-refractivity contribution < 1.29 is 14.9 Å². The van der Waals surface area contributed by atoms with Gasteiger partial charge in [-0.1, -0.05) is 11.8 Å². The van der Waals surface area contributed by atoms with Crippen molar-refractivity contribution in [1.82, 2.24) is 5.32 Å². The maximum atomic E-state index is 9.90. The summed E-state index contributed by atoms with van der Waals surface area (Å²) in [6.07, 6.45) is -2.41. The first-order valence-corrected chi connectivity index (χ1v) is 6.64. The van der Waals surface area contributed by atoms with Gasteiger partial charge in [0.15, 0.2) is 5.17 Å². The maximum absolute atomic E-state index is 9.90. The van der Waals surface area contributed by atoms with Gasteiger partial charge in [0.1, 0.15) is 29.8 Å². The number of ether oxygens (including phenoxy) is 1. The molecule has 0 radical (unpaired) electrons. The van der Waals surface area contributed by atoms with Crippen molar-refractivity contribution in [2.24, 2.45) is 4.99 Å². The molecule has 3 N–H and O–H groups in total. The van der Waals surface area contributed by atoms with E-state index in [1.165, 1.54) is 11.8 Å². The van der Waals surface area contributed by atoms with Gasteiger partial charge in [-0.3, -0.25) is 4.99 Å². The maximum Gasteiger partial charge on any atom is 0.159 e. The average Bonchev–Trinajstić information content (AvgIpc) is 2.67. The normalized spacial score (nSPS) is 42.8. The lowest BCUT2D eigenvalue weighted by Gasteiger charge is -2.37. The Bertz CT molecular complexity index is 292. The summed E-state index contributed by atoms with van der Waals surface area (Å²) in [4.78, 5) is 4.29. The summed E-state index contributed by atoms with van der Waals surface area (Å²) >= 11 is 7.10. The number of amidine groups is 1. The zero-order valence-electron chi connectivity index (χ0n) is 8.84. The summed E-state index contributed by atoms with van der Waals surface area (Å²) in [5.74, 6) is 0.165. The fourth-order valence-corrected chi connectivity index (χ4v) is 3.24. The number of aliphatic hydroxyl groups excluding tert-OH is 2. The number of thioether (sulfide) groups is 1. The molecule has 5 atom stereocenters. The summed E-state index contributed by atoms with van der Waals surface area (Å²) in [5.41, 5.74) is -0.254. The molecule has 0 amide bonds. The van der Waals surface area contributed by atoms with Gasteiger partial charge in [0.05, 0.1) is 5.88 Å². The van der Waals surface area contributed by atoms with Gasteiger partial charge in [0, 0.05) is 6.54 Å². The zero-order chi connectivity index (χ0) is 11.7. The molecule has 2 heterocycles. The lowest BCUT2D eigenvalue weighted by atomic mass is 9.99. The molecule has 0 aromatic rings. The van der Waals surface area contributed by atoms with Crippen molar-refractivity contribution in [2.45, 2.75) is 36.7 Å². The van der Waals surface area contributed by atoms with Gasteiger partial charge >= 0.3 is 0 Å². The van der Waals surface area contributed by atoms with Gasteiger partial charge in [-0.25, -0.2) is 0 Å². The molecule has 7 heteroatoms. The number of aliphatic imine (C=N–C) groups is 1. The lowest BCUT2D eigenvalue weighted by Crippen LogP contribution is -2.55. The van der Waals surface area contributed by atoms with Crippen LogP contribution in [0.5, 0.6) is 0 Å². The van der Waals surface area contributed by atoms with E-state index in [2.05, 4.69) is 10.3 Å². The number of halogens is 1. The van der Waals surface area contributed by atoms with E-state index in [0.29, 0.717) is 0 Å². The van der Waals surface area contributed by atoms with Gasteiger partial charge in [0.2, 0.25) is 0 Å². The number of hydrogen-bond donors (Lipinski definition) is 3. The van der Waals surface area contributed by atoms with Gasteiger partial charge in [-0.2, -0.15) is 0 Å². The van der Waals surface area contributed by atoms with Crippen molar-refractivity contribution in [2.75, 3.05) is 12.4 Å². The Morgan fingerprint density at radius 2 is 2.25 bits per heavy atom. The summed E-state index contributed by atoms with van der Waals surface area (Å²) in [5, 5.41) is 23.5. The van der Waals surface area contributed by atoms with Crippen LogP contribution in [0.2, 0.25) is 0 Å². The van der Waals surface area contributed by atoms with Crippen LogP contribution in [0.1, 0.15) is 6.92 Å². The topological polar surface area (TPSA) is 74.1 Å². The molecule has 0 aromatic heterocycles. The molecule has 0 spiro atoms. The van der Waals surface area contributed by atoms with Crippen LogP contribution in [-0.2, 0) is 4.74 Å².